The molecule has 0 atom stereocenters. The van der Waals surface area contributed by atoms with Crippen LogP contribution in [-0.4, -0.2) is 11.2 Å². The van der Waals surface area contributed by atoms with Crippen LogP contribution in [0.15, 0.2) is 35.1 Å². The van der Waals surface area contributed by atoms with Crippen LogP contribution in [0.5, 0.6) is 5.75 Å². The topological polar surface area (TPSA) is 55.0 Å². The second kappa shape index (κ2) is 6.95. The van der Waals surface area contributed by atoms with Crippen LogP contribution in [0.25, 0.3) is 0 Å². The maximum Gasteiger partial charge on any atom is 0.268 e. The molecule has 4 nitrogen and oxygen atoms in total. The Morgan fingerprint density at radius 3 is 2.50 bits per heavy atom. The van der Waals surface area contributed by atoms with Gasteiger partial charge in [0.1, 0.15) is 17.4 Å². The molecule has 0 amide bonds. The normalized spacial score (nSPS) is 10.3. The van der Waals surface area contributed by atoms with Crippen molar-refractivity contribution in [2.75, 3.05) is 6.61 Å². The van der Waals surface area contributed by atoms with Gasteiger partial charge in [-0.15, -0.1) is 0 Å². The molecule has 0 radical (unpaired) electrons. The first-order valence-corrected chi connectivity index (χ1v) is 7.33. The molecule has 0 N–H and O–H groups in total. The van der Waals surface area contributed by atoms with Crippen molar-refractivity contribution in [2.24, 2.45) is 0 Å². The molecule has 0 bridgehead atoms. The zero-order chi connectivity index (χ0) is 16.1. The highest BCUT2D eigenvalue weighted by Gasteiger charge is 2.09. The van der Waals surface area contributed by atoms with E-state index in [1.54, 1.807) is 11.5 Å². The molecule has 4 heteroatoms. The molecule has 0 aliphatic rings. The van der Waals surface area contributed by atoms with Crippen LogP contribution in [0.2, 0.25) is 0 Å². The van der Waals surface area contributed by atoms with Crippen LogP contribution in [0.1, 0.15) is 28.8 Å². The number of nitrogens with zero attached hydrogens (tertiary/aromatic N) is 2. The average Bonchev–Trinajstić information content (AvgIpc) is 2.48. The van der Waals surface area contributed by atoms with Gasteiger partial charge in [-0.1, -0.05) is 17.7 Å². The second-order valence-electron chi connectivity index (χ2n) is 5.43. The van der Waals surface area contributed by atoms with E-state index in [9.17, 15) is 4.79 Å². The van der Waals surface area contributed by atoms with Crippen LogP contribution in [0.4, 0.5) is 0 Å². The van der Waals surface area contributed by atoms with Crippen LogP contribution in [0.3, 0.4) is 0 Å². The number of aromatic nitrogens is 1. The molecule has 0 saturated carbocycles. The molecular weight excluding hydrogens is 276 g/mol. The molecule has 2 aromatic rings. The zero-order valence-electron chi connectivity index (χ0n) is 13.2. The number of aryl methyl sites for hydroxylation is 3. The number of rotatable bonds is 5. The maximum absolute atomic E-state index is 12.2. The Bertz CT molecular complexity index is 752. The minimum Gasteiger partial charge on any atom is -0.494 e. The predicted octanol–water partition coefficient (Wildman–Crippen LogP) is 3.11. The Hall–Kier alpha value is -2.54. The molecule has 0 aliphatic heterocycles. The summed E-state index contributed by atoms with van der Waals surface area (Å²) in [5, 5.41) is 9.07. The molecule has 2 rings (SSSR count). The molecule has 114 valence electrons. The first-order valence-electron chi connectivity index (χ1n) is 7.33. The van der Waals surface area contributed by atoms with Crippen molar-refractivity contribution in [3.8, 4) is 11.8 Å². The van der Waals surface area contributed by atoms with Gasteiger partial charge in [0.05, 0.1) is 6.61 Å². The van der Waals surface area contributed by atoms with Crippen molar-refractivity contribution in [1.29, 1.82) is 5.26 Å². The third kappa shape index (κ3) is 3.56. The Morgan fingerprint density at radius 2 is 1.86 bits per heavy atom. The van der Waals surface area contributed by atoms with Crippen LogP contribution < -0.4 is 10.3 Å². The van der Waals surface area contributed by atoms with Gasteiger partial charge in [0.15, 0.2) is 0 Å². The zero-order valence-corrected chi connectivity index (χ0v) is 13.2. The molecule has 0 unspecified atom stereocenters. The van der Waals surface area contributed by atoms with Gasteiger partial charge >= 0.3 is 0 Å². The molecule has 0 fully saturated rings. The van der Waals surface area contributed by atoms with E-state index in [0.29, 0.717) is 19.6 Å². The largest absolute Gasteiger partial charge is 0.494 e. The Morgan fingerprint density at radius 1 is 1.18 bits per heavy atom. The lowest BCUT2D eigenvalue weighted by atomic mass is 10.1. The monoisotopic (exact) mass is 296 g/mol. The van der Waals surface area contributed by atoms with Gasteiger partial charge < -0.3 is 9.30 Å². The third-order valence-corrected chi connectivity index (χ3v) is 3.63. The van der Waals surface area contributed by atoms with Gasteiger partial charge in [0.25, 0.3) is 5.56 Å². The molecule has 1 aromatic heterocycles. The average molecular weight is 296 g/mol. The quantitative estimate of drug-likeness (QED) is 0.797. The van der Waals surface area contributed by atoms with Crippen molar-refractivity contribution in [3.63, 3.8) is 0 Å². The summed E-state index contributed by atoms with van der Waals surface area (Å²) in [4.78, 5) is 12.2. The Kier molecular flexibility index (Phi) is 5.00. The fourth-order valence-electron chi connectivity index (χ4n) is 2.39. The lowest BCUT2D eigenvalue weighted by Gasteiger charge is -2.12. The molecule has 1 heterocycles. The predicted molar refractivity (Wildman–Crippen MR) is 86.2 cm³/mol. The van der Waals surface area contributed by atoms with Crippen molar-refractivity contribution < 1.29 is 4.74 Å². The number of benzene rings is 1. The van der Waals surface area contributed by atoms with E-state index < -0.39 is 0 Å². The summed E-state index contributed by atoms with van der Waals surface area (Å²) < 4.78 is 7.31. The molecule has 0 aliphatic carbocycles. The molecular formula is C18H20N2O2. The maximum atomic E-state index is 12.2. The van der Waals surface area contributed by atoms with Crippen molar-refractivity contribution >= 4 is 0 Å². The Labute approximate surface area is 130 Å². The minimum atomic E-state index is -0.213. The van der Waals surface area contributed by atoms with E-state index >= 15 is 0 Å². The van der Waals surface area contributed by atoms with Crippen LogP contribution in [0, 0.1) is 32.1 Å². The molecule has 0 saturated heterocycles. The highest BCUT2D eigenvalue weighted by Crippen LogP contribution is 2.12. The summed E-state index contributed by atoms with van der Waals surface area (Å²) in [7, 11) is 0. The summed E-state index contributed by atoms with van der Waals surface area (Å²) in [5.41, 5.74) is 2.81. The molecule has 22 heavy (non-hydrogen) atoms. The smallest absolute Gasteiger partial charge is 0.268 e. The molecule has 0 spiro atoms. The van der Waals surface area contributed by atoms with Crippen molar-refractivity contribution in [1.82, 2.24) is 4.57 Å². The van der Waals surface area contributed by atoms with Crippen LogP contribution in [-0.2, 0) is 6.54 Å². The summed E-state index contributed by atoms with van der Waals surface area (Å²) in [6.45, 7) is 6.79. The van der Waals surface area contributed by atoms with E-state index in [1.165, 1.54) is 5.56 Å². The lowest BCUT2D eigenvalue weighted by Crippen LogP contribution is -2.26. The Balaban J connectivity index is 1.99. The second-order valence-corrected chi connectivity index (χ2v) is 5.43. The summed E-state index contributed by atoms with van der Waals surface area (Å²) >= 11 is 0. The number of nitriles is 1. The molecule has 1 aromatic carbocycles. The highest BCUT2D eigenvalue weighted by atomic mass is 16.5. The minimum absolute atomic E-state index is 0.213. The van der Waals surface area contributed by atoms with E-state index in [2.05, 4.69) is 0 Å². The summed E-state index contributed by atoms with van der Waals surface area (Å²) in [6, 6.07) is 11.7. The number of ether oxygens (including phenoxy) is 1. The fraction of sp³-hybridized carbons (Fsp3) is 0.333. The fourth-order valence-corrected chi connectivity index (χ4v) is 2.39. The first kappa shape index (κ1) is 15.8. The van der Waals surface area contributed by atoms with E-state index in [4.69, 9.17) is 10.00 Å². The van der Waals surface area contributed by atoms with E-state index in [1.807, 2.05) is 50.2 Å². The highest BCUT2D eigenvalue weighted by molar-refractivity contribution is 5.36. The SMILES string of the molecule is Cc1ccc(OCCCn2c(C)cc(C)c(C#N)c2=O)cc1. The van der Waals surface area contributed by atoms with Gasteiger partial charge in [-0.3, -0.25) is 4.79 Å². The number of pyridine rings is 1. The van der Waals surface area contributed by atoms with E-state index in [-0.39, 0.29) is 11.1 Å². The van der Waals surface area contributed by atoms with E-state index in [0.717, 1.165) is 17.0 Å². The van der Waals surface area contributed by atoms with Gasteiger partial charge in [-0.2, -0.15) is 5.26 Å². The lowest BCUT2D eigenvalue weighted by molar-refractivity contribution is 0.300. The van der Waals surface area contributed by atoms with Crippen LogP contribution >= 0.6 is 0 Å². The van der Waals surface area contributed by atoms with Crippen molar-refractivity contribution in [3.05, 3.63) is 63.1 Å². The van der Waals surface area contributed by atoms with Crippen molar-refractivity contribution in [2.45, 2.75) is 33.7 Å². The number of hydrogen-bond donors (Lipinski definition) is 0. The van der Waals surface area contributed by atoms with Gasteiger partial charge in [0.2, 0.25) is 0 Å². The first-order chi connectivity index (χ1) is 10.5. The van der Waals surface area contributed by atoms with Gasteiger partial charge in [-0.05, 0) is 51.0 Å². The summed E-state index contributed by atoms with van der Waals surface area (Å²) in [6.07, 6.45) is 0.711. The van der Waals surface area contributed by atoms with Gasteiger partial charge in [0, 0.05) is 12.2 Å². The van der Waals surface area contributed by atoms with Gasteiger partial charge in [-0.25, -0.2) is 0 Å². The summed E-state index contributed by atoms with van der Waals surface area (Å²) in [5.74, 6) is 0.830. The third-order valence-electron chi connectivity index (χ3n) is 3.63. The standard InChI is InChI=1S/C18H20N2O2/c1-13-5-7-16(8-6-13)22-10-4-9-20-15(3)11-14(2)17(12-19)18(20)21/h5-8,11H,4,9-10H2,1-3H3. The number of hydrogen-bond acceptors (Lipinski definition) is 3.